The second-order valence-electron chi connectivity index (χ2n) is 3.20. The van der Waals surface area contributed by atoms with Gasteiger partial charge in [0.2, 0.25) is 0 Å². The first-order valence-corrected chi connectivity index (χ1v) is 6.74. The third-order valence-electron chi connectivity index (χ3n) is 1.96. The maximum Gasteiger partial charge on any atom is 0.354 e. The molecule has 0 saturated carbocycles. The van der Waals surface area contributed by atoms with Crippen molar-refractivity contribution in [1.29, 1.82) is 0 Å². The molecule has 1 aromatic heterocycles. The minimum atomic E-state index is -1.10. The normalized spacial score (nSPS) is 12.7. The van der Waals surface area contributed by atoms with Crippen LogP contribution in [0.15, 0.2) is 29.4 Å². The van der Waals surface area contributed by atoms with E-state index in [0.717, 1.165) is 10.6 Å². The lowest BCUT2D eigenvalue weighted by atomic mass is 10.2. The highest BCUT2D eigenvalue weighted by Gasteiger charge is 2.13. The monoisotopic (exact) mass is 238 g/mol. The van der Waals surface area contributed by atoms with Gasteiger partial charge in [0, 0.05) is 16.7 Å². The smallest absolute Gasteiger partial charge is 0.354 e. The minimum Gasteiger partial charge on any atom is -0.609 e. The number of hydrogen-bond donors (Lipinski definition) is 0. The first-order valence-electron chi connectivity index (χ1n) is 4.41. The molecule has 0 amide bonds. The van der Waals surface area contributed by atoms with Crippen LogP contribution >= 0.6 is 11.5 Å². The van der Waals surface area contributed by atoms with Gasteiger partial charge in [0.05, 0.1) is 0 Å². The Morgan fingerprint density at radius 2 is 1.93 bits per heavy atom. The Morgan fingerprint density at radius 1 is 1.27 bits per heavy atom. The fourth-order valence-electron chi connectivity index (χ4n) is 1.14. The quantitative estimate of drug-likeness (QED) is 0.754. The average molecular weight is 238 g/mol. The summed E-state index contributed by atoms with van der Waals surface area (Å²) < 4.78 is 15.2. The molecule has 0 aliphatic rings. The molecule has 0 aliphatic carbocycles. The molecule has 2 rings (SSSR count). The maximum atomic E-state index is 11.1. The molecular weight excluding hydrogens is 228 g/mol. The summed E-state index contributed by atoms with van der Waals surface area (Å²) in [5.41, 5.74) is 2.23. The van der Waals surface area contributed by atoms with E-state index < -0.39 is 11.2 Å². The standard InChI is InChI=1S/C10H10N2OS2/c1-7-3-5-8(6-4-7)9-11-10(12-14-9)15(2)13/h3-6H,1-2H3. The summed E-state index contributed by atoms with van der Waals surface area (Å²) in [6.07, 6.45) is 1.58. The lowest BCUT2D eigenvalue weighted by Gasteiger charge is -1.96. The van der Waals surface area contributed by atoms with Gasteiger partial charge in [-0.3, -0.25) is 0 Å². The number of aromatic nitrogens is 2. The Kier molecular flexibility index (Phi) is 3.04. The summed E-state index contributed by atoms with van der Waals surface area (Å²) in [4.78, 5) is 4.22. The van der Waals surface area contributed by atoms with Crippen LogP contribution in [-0.2, 0) is 11.2 Å². The van der Waals surface area contributed by atoms with E-state index >= 15 is 0 Å². The molecule has 0 fully saturated rings. The molecule has 2 aromatic rings. The Morgan fingerprint density at radius 3 is 2.47 bits per heavy atom. The molecule has 0 N–H and O–H groups in total. The largest absolute Gasteiger partial charge is 0.609 e. The molecule has 1 unspecified atom stereocenters. The Hall–Kier alpha value is -0.910. The van der Waals surface area contributed by atoms with Crippen LogP contribution < -0.4 is 0 Å². The van der Waals surface area contributed by atoms with Crippen molar-refractivity contribution in [2.45, 2.75) is 12.1 Å². The van der Waals surface area contributed by atoms with Gasteiger partial charge < -0.3 is 4.55 Å². The van der Waals surface area contributed by atoms with Crippen LogP contribution in [0.1, 0.15) is 5.56 Å². The summed E-state index contributed by atoms with van der Waals surface area (Å²) in [5.74, 6) is 0. The van der Waals surface area contributed by atoms with Crippen molar-refractivity contribution in [2.75, 3.05) is 6.26 Å². The summed E-state index contributed by atoms with van der Waals surface area (Å²) in [5, 5.41) is 1.23. The molecule has 5 heteroatoms. The zero-order chi connectivity index (χ0) is 10.8. The van der Waals surface area contributed by atoms with Gasteiger partial charge in [0.25, 0.3) is 0 Å². The van der Waals surface area contributed by atoms with E-state index in [4.69, 9.17) is 0 Å². The molecule has 0 bridgehead atoms. The highest BCUT2D eigenvalue weighted by molar-refractivity contribution is 7.90. The molecule has 0 radical (unpaired) electrons. The van der Waals surface area contributed by atoms with Gasteiger partial charge in [-0.2, -0.15) is 4.98 Å². The zero-order valence-electron chi connectivity index (χ0n) is 8.43. The van der Waals surface area contributed by atoms with Crippen LogP contribution in [-0.4, -0.2) is 20.2 Å². The third-order valence-corrected chi connectivity index (χ3v) is 3.54. The number of nitrogens with zero attached hydrogens (tertiary/aromatic N) is 2. The Balaban J connectivity index is 2.33. The second kappa shape index (κ2) is 4.30. The molecular formula is C10H10N2OS2. The molecule has 0 saturated heterocycles. The molecule has 1 aromatic carbocycles. The van der Waals surface area contributed by atoms with Crippen molar-refractivity contribution in [1.82, 2.24) is 9.36 Å². The van der Waals surface area contributed by atoms with Gasteiger partial charge in [0.15, 0.2) is 0 Å². The highest BCUT2D eigenvalue weighted by Crippen LogP contribution is 2.22. The van der Waals surface area contributed by atoms with E-state index in [1.54, 1.807) is 6.26 Å². The van der Waals surface area contributed by atoms with Gasteiger partial charge in [-0.25, -0.2) is 0 Å². The van der Waals surface area contributed by atoms with Gasteiger partial charge in [-0.15, -0.1) is 4.37 Å². The molecule has 15 heavy (non-hydrogen) atoms. The average Bonchev–Trinajstić information content (AvgIpc) is 2.68. The summed E-state index contributed by atoms with van der Waals surface area (Å²) in [7, 11) is 0. The van der Waals surface area contributed by atoms with Crippen LogP contribution in [0.4, 0.5) is 0 Å². The lowest BCUT2D eigenvalue weighted by molar-refractivity contribution is 0.594. The van der Waals surface area contributed by atoms with Gasteiger partial charge in [-0.1, -0.05) is 29.8 Å². The van der Waals surface area contributed by atoms with Crippen LogP contribution in [0.25, 0.3) is 10.6 Å². The number of hydrogen-bond acceptors (Lipinski definition) is 4. The Bertz CT molecular complexity index is 451. The van der Waals surface area contributed by atoms with E-state index in [2.05, 4.69) is 9.36 Å². The summed E-state index contributed by atoms with van der Waals surface area (Å²) in [6, 6.07) is 8.05. The fraction of sp³-hybridized carbons (Fsp3) is 0.200. The second-order valence-corrected chi connectivity index (χ2v) is 5.23. The van der Waals surface area contributed by atoms with Crippen molar-refractivity contribution >= 4 is 22.7 Å². The van der Waals surface area contributed by atoms with Crippen molar-refractivity contribution < 1.29 is 4.55 Å². The van der Waals surface area contributed by atoms with E-state index in [0.29, 0.717) is 5.16 Å². The van der Waals surface area contributed by atoms with E-state index in [1.807, 2.05) is 31.2 Å². The molecule has 1 heterocycles. The van der Waals surface area contributed by atoms with Gasteiger partial charge >= 0.3 is 5.16 Å². The molecule has 3 nitrogen and oxygen atoms in total. The number of benzene rings is 1. The number of aryl methyl sites for hydroxylation is 1. The molecule has 0 spiro atoms. The fourth-order valence-corrected chi connectivity index (χ4v) is 2.52. The predicted molar refractivity (Wildman–Crippen MR) is 62.4 cm³/mol. The van der Waals surface area contributed by atoms with E-state index in [9.17, 15) is 4.55 Å². The van der Waals surface area contributed by atoms with E-state index in [1.165, 1.54) is 17.1 Å². The summed E-state index contributed by atoms with van der Waals surface area (Å²) >= 11 is 0.185. The van der Waals surface area contributed by atoms with Crippen molar-refractivity contribution in [2.24, 2.45) is 0 Å². The zero-order valence-corrected chi connectivity index (χ0v) is 10.1. The minimum absolute atomic E-state index is 0.413. The van der Waals surface area contributed by atoms with Crippen LogP contribution in [0.5, 0.6) is 0 Å². The van der Waals surface area contributed by atoms with Gasteiger partial charge in [-0.05, 0) is 18.5 Å². The van der Waals surface area contributed by atoms with Crippen LogP contribution in [0, 0.1) is 6.92 Å². The summed E-state index contributed by atoms with van der Waals surface area (Å²) in [6.45, 7) is 2.04. The number of rotatable bonds is 2. The van der Waals surface area contributed by atoms with Crippen LogP contribution in [0.3, 0.4) is 0 Å². The first kappa shape index (κ1) is 10.6. The molecule has 78 valence electrons. The van der Waals surface area contributed by atoms with Crippen LogP contribution in [0.2, 0.25) is 0 Å². The van der Waals surface area contributed by atoms with Crippen molar-refractivity contribution in [3.8, 4) is 10.6 Å². The molecule has 1 atom stereocenters. The third kappa shape index (κ3) is 2.37. The lowest BCUT2D eigenvalue weighted by Crippen LogP contribution is -1.98. The van der Waals surface area contributed by atoms with Crippen molar-refractivity contribution in [3.63, 3.8) is 0 Å². The van der Waals surface area contributed by atoms with Crippen molar-refractivity contribution in [3.05, 3.63) is 29.8 Å². The Labute approximate surface area is 95.5 Å². The van der Waals surface area contributed by atoms with E-state index in [-0.39, 0.29) is 0 Å². The SMILES string of the molecule is Cc1ccc(-c2nc([S+](C)[O-])ns2)cc1. The molecule has 0 aliphatic heterocycles. The van der Waals surface area contributed by atoms with Gasteiger partial charge in [0.1, 0.15) is 11.3 Å². The maximum absolute atomic E-state index is 11.1. The topological polar surface area (TPSA) is 48.8 Å². The highest BCUT2D eigenvalue weighted by atomic mass is 32.2. The predicted octanol–water partition coefficient (Wildman–Crippen LogP) is 2.25. The first-order chi connectivity index (χ1) is 7.16.